The number of anilines is 1. The number of aryl methyl sites for hydroxylation is 1. The second-order valence-electron chi connectivity index (χ2n) is 7.73. The number of carbonyl (C=O) groups excluding carboxylic acids is 1. The number of sulfonamides is 1. The van der Waals surface area contributed by atoms with Crippen LogP contribution in [0.5, 0.6) is 5.75 Å². The molecule has 7 nitrogen and oxygen atoms in total. The SMILES string of the molecule is COc1ccc(NS(=O)(=O)c2cccc(C(=O)N/N=C3/CCCCc4ccccc43)c2)cc1. The van der Waals surface area contributed by atoms with Gasteiger partial charge in [0, 0.05) is 16.8 Å². The number of amides is 1. The summed E-state index contributed by atoms with van der Waals surface area (Å²) in [6.07, 6.45) is 3.83. The molecule has 0 saturated carbocycles. The number of carbonyl (C=O) groups is 1. The van der Waals surface area contributed by atoms with E-state index in [2.05, 4.69) is 21.3 Å². The van der Waals surface area contributed by atoms with E-state index < -0.39 is 15.9 Å². The molecular weight excluding hydrogens is 438 g/mol. The zero-order valence-electron chi connectivity index (χ0n) is 18.2. The van der Waals surface area contributed by atoms with Crippen molar-refractivity contribution in [2.75, 3.05) is 11.8 Å². The Morgan fingerprint density at radius 3 is 2.48 bits per heavy atom. The van der Waals surface area contributed by atoms with Crippen molar-refractivity contribution in [3.05, 3.63) is 89.5 Å². The molecule has 0 unspecified atom stereocenters. The molecule has 3 aromatic rings. The Hall–Kier alpha value is -3.65. The molecule has 1 amide bonds. The first-order chi connectivity index (χ1) is 16.0. The van der Waals surface area contributed by atoms with Gasteiger partial charge < -0.3 is 4.74 Å². The number of nitrogens with zero attached hydrogens (tertiary/aromatic N) is 1. The van der Waals surface area contributed by atoms with Crippen molar-refractivity contribution in [2.24, 2.45) is 5.10 Å². The van der Waals surface area contributed by atoms with E-state index in [1.165, 1.54) is 30.9 Å². The Morgan fingerprint density at radius 1 is 0.939 bits per heavy atom. The number of methoxy groups -OCH3 is 1. The quantitative estimate of drug-likeness (QED) is 0.419. The highest BCUT2D eigenvalue weighted by molar-refractivity contribution is 7.92. The summed E-state index contributed by atoms with van der Waals surface area (Å²) in [6, 6.07) is 20.5. The summed E-state index contributed by atoms with van der Waals surface area (Å²) < 4.78 is 33.2. The summed E-state index contributed by atoms with van der Waals surface area (Å²) in [6.45, 7) is 0. The highest BCUT2D eigenvalue weighted by Crippen LogP contribution is 2.22. The lowest BCUT2D eigenvalue weighted by Gasteiger charge is -2.10. The van der Waals surface area contributed by atoms with E-state index in [-0.39, 0.29) is 10.5 Å². The van der Waals surface area contributed by atoms with Gasteiger partial charge in [-0.25, -0.2) is 13.8 Å². The van der Waals surface area contributed by atoms with Gasteiger partial charge in [0.05, 0.1) is 17.7 Å². The molecule has 1 aliphatic rings. The molecule has 0 aliphatic heterocycles. The molecule has 0 bridgehead atoms. The number of benzene rings is 3. The Bertz CT molecular complexity index is 1290. The molecule has 33 heavy (non-hydrogen) atoms. The second kappa shape index (κ2) is 9.87. The first kappa shape index (κ1) is 22.5. The minimum absolute atomic E-state index is 0.0153. The Morgan fingerprint density at radius 2 is 1.70 bits per heavy atom. The van der Waals surface area contributed by atoms with Gasteiger partial charge in [0.25, 0.3) is 15.9 Å². The van der Waals surface area contributed by atoms with Crippen LogP contribution in [0.2, 0.25) is 0 Å². The Labute approximate surface area is 193 Å². The van der Waals surface area contributed by atoms with E-state index >= 15 is 0 Å². The van der Waals surface area contributed by atoms with Crippen LogP contribution in [0, 0.1) is 0 Å². The first-order valence-corrected chi connectivity index (χ1v) is 12.2. The third kappa shape index (κ3) is 5.40. The monoisotopic (exact) mass is 463 g/mol. The van der Waals surface area contributed by atoms with Crippen LogP contribution in [0.25, 0.3) is 0 Å². The van der Waals surface area contributed by atoms with Crippen molar-refractivity contribution in [1.29, 1.82) is 0 Å². The molecule has 4 rings (SSSR count). The van der Waals surface area contributed by atoms with E-state index in [4.69, 9.17) is 4.74 Å². The predicted molar refractivity (Wildman–Crippen MR) is 128 cm³/mol. The zero-order valence-corrected chi connectivity index (χ0v) is 19.1. The van der Waals surface area contributed by atoms with E-state index in [0.717, 1.165) is 37.0 Å². The molecule has 0 heterocycles. The maximum absolute atomic E-state index is 12.8. The van der Waals surface area contributed by atoms with Crippen molar-refractivity contribution >= 4 is 27.3 Å². The van der Waals surface area contributed by atoms with Gasteiger partial charge in [0.15, 0.2) is 0 Å². The highest BCUT2D eigenvalue weighted by Gasteiger charge is 2.18. The summed E-state index contributed by atoms with van der Waals surface area (Å²) in [5, 5.41) is 4.38. The molecule has 0 saturated heterocycles. The molecule has 0 fully saturated rings. The van der Waals surface area contributed by atoms with Crippen LogP contribution in [-0.2, 0) is 16.4 Å². The van der Waals surface area contributed by atoms with E-state index in [1.807, 2.05) is 18.2 Å². The number of hydrazone groups is 1. The third-order valence-electron chi connectivity index (χ3n) is 5.48. The van der Waals surface area contributed by atoms with Gasteiger partial charge in [-0.3, -0.25) is 9.52 Å². The largest absolute Gasteiger partial charge is 0.497 e. The number of fused-ring (bicyclic) bond motifs is 1. The third-order valence-corrected chi connectivity index (χ3v) is 6.86. The lowest BCUT2D eigenvalue weighted by Crippen LogP contribution is -2.21. The smallest absolute Gasteiger partial charge is 0.271 e. The molecule has 1 aliphatic carbocycles. The van der Waals surface area contributed by atoms with Gasteiger partial charge in [0.2, 0.25) is 0 Å². The maximum atomic E-state index is 12.8. The zero-order chi connectivity index (χ0) is 23.3. The van der Waals surface area contributed by atoms with Gasteiger partial charge in [-0.2, -0.15) is 5.10 Å². The topological polar surface area (TPSA) is 96.9 Å². The van der Waals surface area contributed by atoms with Gasteiger partial charge in [-0.05, 0) is 73.7 Å². The van der Waals surface area contributed by atoms with Crippen LogP contribution < -0.4 is 14.9 Å². The number of hydrogen-bond acceptors (Lipinski definition) is 5. The van der Waals surface area contributed by atoms with E-state index in [1.54, 1.807) is 30.3 Å². The lowest BCUT2D eigenvalue weighted by atomic mass is 10.0. The van der Waals surface area contributed by atoms with Crippen LogP contribution in [0.15, 0.2) is 82.8 Å². The molecular formula is C25H25N3O4S. The fourth-order valence-corrected chi connectivity index (χ4v) is 4.84. The Kier molecular flexibility index (Phi) is 6.74. The minimum Gasteiger partial charge on any atom is -0.497 e. The summed E-state index contributed by atoms with van der Waals surface area (Å²) in [7, 11) is -2.34. The molecule has 0 aromatic heterocycles. The first-order valence-electron chi connectivity index (χ1n) is 10.7. The highest BCUT2D eigenvalue weighted by atomic mass is 32.2. The number of hydrogen-bond donors (Lipinski definition) is 2. The molecule has 0 atom stereocenters. The number of rotatable bonds is 6. The number of ether oxygens (including phenoxy) is 1. The van der Waals surface area contributed by atoms with Crippen LogP contribution >= 0.6 is 0 Å². The molecule has 8 heteroatoms. The maximum Gasteiger partial charge on any atom is 0.271 e. The van der Waals surface area contributed by atoms with Crippen molar-refractivity contribution in [1.82, 2.24) is 5.43 Å². The minimum atomic E-state index is -3.88. The summed E-state index contributed by atoms with van der Waals surface area (Å²) in [4.78, 5) is 12.7. The van der Waals surface area contributed by atoms with Crippen molar-refractivity contribution in [3.63, 3.8) is 0 Å². The summed E-state index contributed by atoms with van der Waals surface area (Å²) in [5.41, 5.74) is 6.31. The van der Waals surface area contributed by atoms with E-state index in [9.17, 15) is 13.2 Å². The molecule has 170 valence electrons. The standard InChI is InChI=1S/C25H25N3O4S/c1-32-21-15-13-20(14-16-21)28-33(30,31)22-10-6-9-19(17-22)25(29)27-26-24-12-5-3-8-18-7-2-4-11-23(18)24/h2,4,6-7,9-11,13-17,28H,3,5,8,12H2,1H3,(H,27,29)/b26-24-. The Balaban J connectivity index is 1.51. The fraction of sp³-hybridized carbons (Fsp3) is 0.200. The molecule has 0 radical (unpaired) electrons. The lowest BCUT2D eigenvalue weighted by molar-refractivity contribution is 0.0954. The van der Waals surface area contributed by atoms with Crippen molar-refractivity contribution < 1.29 is 17.9 Å². The normalized spacial score (nSPS) is 14.8. The van der Waals surface area contributed by atoms with E-state index in [0.29, 0.717) is 11.4 Å². The van der Waals surface area contributed by atoms with Crippen LogP contribution in [0.3, 0.4) is 0 Å². The van der Waals surface area contributed by atoms with Gasteiger partial charge in [-0.15, -0.1) is 0 Å². The van der Waals surface area contributed by atoms with Crippen LogP contribution in [-0.4, -0.2) is 27.1 Å². The molecule has 2 N–H and O–H groups in total. The fourth-order valence-electron chi connectivity index (χ4n) is 3.74. The average Bonchev–Trinajstić information content (AvgIpc) is 3.05. The second-order valence-corrected chi connectivity index (χ2v) is 9.41. The van der Waals surface area contributed by atoms with Gasteiger partial charge >= 0.3 is 0 Å². The van der Waals surface area contributed by atoms with Crippen molar-refractivity contribution in [2.45, 2.75) is 30.6 Å². The summed E-state index contributed by atoms with van der Waals surface area (Å²) >= 11 is 0. The van der Waals surface area contributed by atoms with Crippen molar-refractivity contribution in [3.8, 4) is 5.75 Å². The average molecular weight is 464 g/mol. The molecule has 0 spiro atoms. The predicted octanol–water partition coefficient (Wildman–Crippen LogP) is 4.36. The van der Waals surface area contributed by atoms with Gasteiger partial charge in [0.1, 0.15) is 5.75 Å². The summed E-state index contributed by atoms with van der Waals surface area (Å²) in [5.74, 6) is 0.153. The number of nitrogens with one attached hydrogen (secondary N) is 2. The molecule has 3 aromatic carbocycles. The van der Waals surface area contributed by atoms with Gasteiger partial charge in [-0.1, -0.05) is 30.3 Å². The van der Waals surface area contributed by atoms with Crippen LogP contribution in [0.4, 0.5) is 5.69 Å². The van der Waals surface area contributed by atoms with Crippen LogP contribution in [0.1, 0.15) is 40.7 Å².